The molecule has 0 bridgehead atoms. The molecule has 2 unspecified atom stereocenters. The van der Waals surface area contributed by atoms with Crippen LogP contribution in [-0.4, -0.2) is 51.6 Å². The second-order valence-corrected chi connectivity index (χ2v) is 6.39. The SMILES string of the molecule is CN=C(NCC(O)(c1ccccc1)C(F)(F)F)NC1CCc2ncnn2C1. The molecule has 1 aliphatic heterocycles. The molecule has 3 rings (SSSR count). The van der Waals surface area contributed by atoms with E-state index in [1.54, 1.807) is 10.7 Å². The topological polar surface area (TPSA) is 87.4 Å². The molecular formula is C17H21F3N6O. The fourth-order valence-corrected chi connectivity index (χ4v) is 3.03. The van der Waals surface area contributed by atoms with Crippen molar-refractivity contribution in [3.8, 4) is 0 Å². The highest BCUT2D eigenvalue weighted by Gasteiger charge is 2.55. The molecule has 10 heteroatoms. The molecule has 2 atom stereocenters. The van der Waals surface area contributed by atoms with E-state index in [9.17, 15) is 18.3 Å². The molecular weight excluding hydrogens is 361 g/mol. The normalized spacial score (nSPS) is 19.9. The highest BCUT2D eigenvalue weighted by Crippen LogP contribution is 2.38. The molecule has 7 nitrogen and oxygen atoms in total. The van der Waals surface area contributed by atoms with Gasteiger partial charge in [-0.1, -0.05) is 30.3 Å². The van der Waals surface area contributed by atoms with Gasteiger partial charge in [-0.2, -0.15) is 18.3 Å². The van der Waals surface area contributed by atoms with Gasteiger partial charge >= 0.3 is 6.18 Å². The van der Waals surface area contributed by atoms with Crippen LogP contribution in [0.25, 0.3) is 0 Å². The Morgan fingerprint density at radius 1 is 1.33 bits per heavy atom. The first-order valence-electron chi connectivity index (χ1n) is 8.52. The van der Waals surface area contributed by atoms with E-state index in [0.29, 0.717) is 13.0 Å². The lowest BCUT2D eigenvalue weighted by atomic mass is 9.93. The predicted molar refractivity (Wildman–Crippen MR) is 93.0 cm³/mol. The van der Waals surface area contributed by atoms with Gasteiger partial charge in [-0.15, -0.1) is 0 Å². The molecule has 0 aliphatic carbocycles. The zero-order valence-electron chi connectivity index (χ0n) is 14.7. The van der Waals surface area contributed by atoms with Crippen LogP contribution in [0.15, 0.2) is 41.7 Å². The van der Waals surface area contributed by atoms with E-state index in [0.717, 1.165) is 12.2 Å². The number of nitrogens with one attached hydrogen (secondary N) is 2. The van der Waals surface area contributed by atoms with Crippen LogP contribution < -0.4 is 10.6 Å². The van der Waals surface area contributed by atoms with Crippen molar-refractivity contribution < 1.29 is 18.3 Å². The summed E-state index contributed by atoms with van der Waals surface area (Å²) in [6.07, 6.45) is -1.90. The first kappa shape index (κ1) is 19.2. The minimum atomic E-state index is -4.85. The van der Waals surface area contributed by atoms with Crippen molar-refractivity contribution in [1.29, 1.82) is 0 Å². The van der Waals surface area contributed by atoms with Crippen LogP contribution in [0.2, 0.25) is 0 Å². The molecule has 3 N–H and O–H groups in total. The number of hydrogen-bond donors (Lipinski definition) is 3. The summed E-state index contributed by atoms with van der Waals surface area (Å²) in [5.41, 5.74) is -3.26. The van der Waals surface area contributed by atoms with E-state index in [2.05, 4.69) is 25.7 Å². The van der Waals surface area contributed by atoms with E-state index in [1.807, 2.05) is 0 Å². The zero-order chi connectivity index (χ0) is 19.5. The molecule has 0 saturated carbocycles. The smallest absolute Gasteiger partial charge is 0.375 e. The number of aromatic nitrogens is 3. The molecule has 0 saturated heterocycles. The van der Waals surface area contributed by atoms with Crippen molar-refractivity contribution in [2.75, 3.05) is 13.6 Å². The average Bonchev–Trinajstić information content (AvgIpc) is 3.12. The summed E-state index contributed by atoms with van der Waals surface area (Å²) in [6.45, 7) is -0.222. The Bertz CT molecular complexity index is 791. The van der Waals surface area contributed by atoms with Crippen molar-refractivity contribution in [2.24, 2.45) is 4.99 Å². The van der Waals surface area contributed by atoms with Crippen LogP contribution in [0, 0.1) is 0 Å². The van der Waals surface area contributed by atoms with Gasteiger partial charge in [0.05, 0.1) is 13.1 Å². The first-order chi connectivity index (χ1) is 12.8. The van der Waals surface area contributed by atoms with Crippen molar-refractivity contribution in [1.82, 2.24) is 25.4 Å². The minimum absolute atomic E-state index is 0.0545. The number of rotatable bonds is 4. The molecule has 0 amide bonds. The Hall–Kier alpha value is -2.62. The number of nitrogens with zero attached hydrogens (tertiary/aromatic N) is 4. The molecule has 27 heavy (non-hydrogen) atoms. The number of alkyl halides is 3. The summed E-state index contributed by atoms with van der Waals surface area (Å²) in [5, 5.41) is 20.2. The van der Waals surface area contributed by atoms with E-state index in [-0.39, 0.29) is 17.6 Å². The fraction of sp³-hybridized carbons (Fsp3) is 0.471. The number of aliphatic imine (C=N–C) groups is 1. The van der Waals surface area contributed by atoms with Crippen LogP contribution in [0.5, 0.6) is 0 Å². The predicted octanol–water partition coefficient (Wildman–Crippen LogP) is 1.21. The number of benzene rings is 1. The maximum absolute atomic E-state index is 13.6. The quantitative estimate of drug-likeness (QED) is 0.547. The average molecular weight is 382 g/mol. The Morgan fingerprint density at radius 3 is 2.74 bits per heavy atom. The van der Waals surface area contributed by atoms with Crippen molar-refractivity contribution in [3.63, 3.8) is 0 Å². The van der Waals surface area contributed by atoms with Crippen LogP contribution in [0.4, 0.5) is 13.2 Å². The highest BCUT2D eigenvalue weighted by atomic mass is 19.4. The van der Waals surface area contributed by atoms with E-state index in [4.69, 9.17) is 0 Å². The number of hydrogen-bond acceptors (Lipinski definition) is 4. The summed E-state index contributed by atoms with van der Waals surface area (Å²) in [5.74, 6) is 1.06. The molecule has 0 fully saturated rings. The monoisotopic (exact) mass is 382 g/mol. The van der Waals surface area contributed by atoms with Gasteiger partial charge in [0.1, 0.15) is 12.2 Å². The Kier molecular flexibility index (Phi) is 5.36. The summed E-state index contributed by atoms with van der Waals surface area (Å²) >= 11 is 0. The lowest BCUT2D eigenvalue weighted by Gasteiger charge is -2.32. The number of halogens is 3. The molecule has 2 heterocycles. The zero-order valence-corrected chi connectivity index (χ0v) is 14.7. The largest absolute Gasteiger partial charge is 0.423 e. The minimum Gasteiger partial charge on any atom is -0.375 e. The summed E-state index contributed by atoms with van der Waals surface area (Å²) in [6, 6.07) is 6.95. The van der Waals surface area contributed by atoms with Gasteiger partial charge in [0, 0.05) is 19.5 Å². The van der Waals surface area contributed by atoms with Gasteiger partial charge in [0.25, 0.3) is 0 Å². The maximum atomic E-state index is 13.6. The molecule has 0 radical (unpaired) electrons. The molecule has 2 aromatic rings. The third kappa shape index (κ3) is 4.05. The van der Waals surface area contributed by atoms with Gasteiger partial charge in [0.15, 0.2) is 5.96 Å². The second-order valence-electron chi connectivity index (χ2n) is 6.39. The third-order valence-corrected chi connectivity index (χ3v) is 4.60. The van der Waals surface area contributed by atoms with Crippen LogP contribution in [0.3, 0.4) is 0 Å². The fourth-order valence-electron chi connectivity index (χ4n) is 3.03. The van der Waals surface area contributed by atoms with Gasteiger partial charge in [-0.05, 0) is 12.0 Å². The van der Waals surface area contributed by atoms with Gasteiger partial charge in [0.2, 0.25) is 5.60 Å². The summed E-state index contributed by atoms with van der Waals surface area (Å²) in [4.78, 5) is 8.12. The van der Waals surface area contributed by atoms with E-state index >= 15 is 0 Å². The molecule has 0 spiro atoms. The Labute approximate surface area is 154 Å². The van der Waals surface area contributed by atoms with E-state index < -0.39 is 18.3 Å². The molecule has 146 valence electrons. The van der Waals surface area contributed by atoms with Gasteiger partial charge < -0.3 is 15.7 Å². The number of aliphatic hydroxyl groups is 1. The van der Waals surface area contributed by atoms with Gasteiger partial charge in [-0.3, -0.25) is 4.99 Å². The summed E-state index contributed by atoms with van der Waals surface area (Å²) < 4.78 is 42.4. The maximum Gasteiger partial charge on any atom is 0.423 e. The first-order valence-corrected chi connectivity index (χ1v) is 8.52. The van der Waals surface area contributed by atoms with Gasteiger partial charge in [-0.25, -0.2) is 9.67 Å². The molecule has 1 aromatic carbocycles. The van der Waals surface area contributed by atoms with Crippen LogP contribution >= 0.6 is 0 Å². The van der Waals surface area contributed by atoms with Crippen molar-refractivity contribution in [2.45, 2.75) is 37.2 Å². The van der Waals surface area contributed by atoms with Crippen molar-refractivity contribution in [3.05, 3.63) is 48.0 Å². The van der Waals surface area contributed by atoms with Crippen molar-refractivity contribution >= 4 is 5.96 Å². The van der Waals surface area contributed by atoms with Crippen LogP contribution in [0.1, 0.15) is 17.8 Å². The third-order valence-electron chi connectivity index (χ3n) is 4.60. The number of aryl methyl sites for hydroxylation is 1. The van der Waals surface area contributed by atoms with E-state index in [1.165, 1.54) is 37.6 Å². The lowest BCUT2D eigenvalue weighted by Crippen LogP contribution is -2.54. The highest BCUT2D eigenvalue weighted by molar-refractivity contribution is 5.80. The standard InChI is InChI=1S/C17H21F3N6O/c1-21-15(25-13-7-8-14-23-11-24-26(14)9-13)22-10-16(27,17(18,19)20)12-5-3-2-4-6-12/h2-6,11,13,27H,7-10H2,1H3,(H2,21,22,25). The number of fused-ring (bicyclic) bond motifs is 1. The summed E-state index contributed by atoms with van der Waals surface area (Å²) in [7, 11) is 1.47. The Balaban J connectivity index is 1.67. The molecule has 1 aromatic heterocycles. The second kappa shape index (κ2) is 7.55. The Morgan fingerprint density at radius 2 is 2.07 bits per heavy atom. The number of guanidine groups is 1. The lowest BCUT2D eigenvalue weighted by molar-refractivity contribution is -0.263. The molecule has 1 aliphatic rings. The van der Waals surface area contributed by atoms with Crippen LogP contribution in [-0.2, 0) is 18.6 Å².